The van der Waals surface area contributed by atoms with E-state index < -0.39 is 18.3 Å². The summed E-state index contributed by atoms with van der Waals surface area (Å²) < 4.78 is 10.7. The molecule has 0 fully saturated rings. The van der Waals surface area contributed by atoms with Crippen LogP contribution < -0.4 is 10.1 Å². The fraction of sp³-hybridized carbons (Fsp3) is 0.222. The summed E-state index contributed by atoms with van der Waals surface area (Å²) in [5.74, 6) is -0.461. The van der Waals surface area contributed by atoms with Crippen LogP contribution in [-0.2, 0) is 40.9 Å². The van der Waals surface area contributed by atoms with E-state index in [1.807, 2.05) is 30.3 Å². The molecule has 135 valence electrons. The Bertz CT molecular complexity index is 663. The van der Waals surface area contributed by atoms with Crippen LogP contribution in [0.3, 0.4) is 0 Å². The Balaban J connectivity index is 0.00000312. The van der Waals surface area contributed by atoms with Crippen LogP contribution in [0.2, 0.25) is 0 Å². The van der Waals surface area contributed by atoms with Gasteiger partial charge in [-0.25, -0.2) is 4.79 Å². The molecule has 7 heteroatoms. The van der Waals surface area contributed by atoms with Gasteiger partial charge in [0.25, 0.3) is 0 Å². The van der Waals surface area contributed by atoms with Gasteiger partial charge in [0, 0.05) is 26.5 Å². The molecule has 0 bridgehead atoms. The van der Waals surface area contributed by atoms with E-state index in [0.29, 0.717) is 11.3 Å². The molecule has 0 heterocycles. The summed E-state index contributed by atoms with van der Waals surface area (Å²) >= 11 is 0. The molecule has 2 rings (SSSR count). The van der Waals surface area contributed by atoms with Gasteiger partial charge in [-0.3, -0.25) is 0 Å². The number of carboxylic acid groups (broad SMARTS) is 1. The Morgan fingerprint density at radius 3 is 2.32 bits per heavy atom. The van der Waals surface area contributed by atoms with Crippen LogP contribution in [0.5, 0.6) is 5.75 Å². The molecule has 1 unspecified atom stereocenters. The monoisotopic (exact) mass is 521 g/mol. The summed E-state index contributed by atoms with van der Waals surface area (Å²) in [6.45, 7) is 0. The number of benzene rings is 2. The van der Waals surface area contributed by atoms with Crippen LogP contribution in [-0.4, -0.2) is 30.7 Å². The predicted molar refractivity (Wildman–Crippen MR) is 87.2 cm³/mol. The van der Waals surface area contributed by atoms with Gasteiger partial charge < -0.3 is 24.7 Å². The van der Waals surface area contributed by atoms with E-state index in [-0.39, 0.29) is 26.5 Å². The summed E-state index contributed by atoms with van der Waals surface area (Å²) in [6, 6.07) is 15.9. The van der Waals surface area contributed by atoms with Crippen molar-refractivity contribution in [3.63, 3.8) is 0 Å². The van der Waals surface area contributed by atoms with E-state index in [2.05, 4.69) is 5.32 Å². The Hall–Kier alpha value is -2.21. The molecule has 0 saturated carbocycles. The average Bonchev–Trinajstić information content (AvgIpc) is 2.61. The van der Waals surface area contributed by atoms with E-state index in [4.69, 9.17) is 9.47 Å². The van der Waals surface area contributed by atoms with E-state index in [1.165, 1.54) is 0 Å². The summed E-state index contributed by atoms with van der Waals surface area (Å²) in [4.78, 5) is 22.2. The number of carboxylic acids is 1. The maximum Gasteiger partial charge on any atom is 0.333 e. The van der Waals surface area contributed by atoms with Gasteiger partial charge >= 0.3 is 5.97 Å². The summed E-state index contributed by atoms with van der Waals surface area (Å²) in [6.07, 6.45) is -0.291. The number of ether oxygens (including phenoxy) is 2. The van der Waals surface area contributed by atoms with Gasteiger partial charge in [0.05, 0.1) is 7.11 Å². The summed E-state index contributed by atoms with van der Waals surface area (Å²) in [7, 11) is 1.54. The van der Waals surface area contributed by atoms with E-state index in [0.717, 1.165) is 5.56 Å². The SMILES string of the molecule is COc1ccc(C(N[C-]=O)O[C@H](Cc2ccccc2)C(=O)O)cc1.[Ir]. The second-order valence-corrected chi connectivity index (χ2v) is 5.05. The number of amides is 1. The van der Waals surface area contributed by atoms with E-state index in [1.54, 1.807) is 37.8 Å². The predicted octanol–water partition coefficient (Wildman–Crippen LogP) is 2.06. The van der Waals surface area contributed by atoms with E-state index >= 15 is 0 Å². The Morgan fingerprint density at radius 1 is 1.16 bits per heavy atom. The standard InChI is InChI=1S/C18H18NO5.Ir/c1-23-15-9-7-14(8-10-15)17(19-12-20)24-16(18(21)22)11-13-5-3-2-4-6-13;/h2-10,16-17H,11H2,1H3,(H,19,20)(H,21,22);/q-1;/t16-,17?;/m1./s1. The molecule has 2 aromatic rings. The van der Waals surface area contributed by atoms with Crippen molar-refractivity contribution in [2.45, 2.75) is 18.8 Å². The second-order valence-electron chi connectivity index (χ2n) is 5.05. The van der Waals surface area contributed by atoms with E-state index in [9.17, 15) is 14.7 Å². The van der Waals surface area contributed by atoms with Crippen molar-refractivity contribution in [3.8, 4) is 5.75 Å². The molecule has 0 aliphatic heterocycles. The molecule has 2 N–H and O–H groups in total. The third-order valence-electron chi connectivity index (χ3n) is 3.45. The molecular weight excluding hydrogens is 502 g/mol. The first-order chi connectivity index (χ1) is 11.6. The van der Waals surface area contributed by atoms with Gasteiger partial charge in [0.1, 0.15) is 12.0 Å². The zero-order chi connectivity index (χ0) is 17.4. The van der Waals surface area contributed by atoms with Crippen LogP contribution in [0.25, 0.3) is 0 Å². The Morgan fingerprint density at radius 2 is 1.80 bits per heavy atom. The molecule has 1 amide bonds. The molecule has 1 radical (unpaired) electrons. The van der Waals surface area contributed by atoms with Crippen molar-refractivity contribution in [2.24, 2.45) is 0 Å². The fourth-order valence-corrected chi connectivity index (χ4v) is 2.21. The maximum absolute atomic E-state index is 11.5. The zero-order valence-electron chi connectivity index (χ0n) is 13.5. The summed E-state index contributed by atoms with van der Waals surface area (Å²) in [5.41, 5.74) is 1.42. The van der Waals surface area contributed by atoms with Gasteiger partial charge in [-0.15, -0.1) is 0 Å². The average molecular weight is 521 g/mol. The van der Waals surface area contributed by atoms with Crippen LogP contribution in [0.15, 0.2) is 54.6 Å². The van der Waals surface area contributed by atoms with Gasteiger partial charge in [-0.2, -0.15) is 6.41 Å². The molecule has 25 heavy (non-hydrogen) atoms. The van der Waals surface area contributed by atoms with Crippen LogP contribution in [0, 0.1) is 0 Å². The molecule has 0 aromatic heterocycles. The number of rotatable bonds is 9. The molecule has 2 aromatic carbocycles. The second kappa shape index (κ2) is 10.6. The minimum Gasteiger partial charge on any atom is -0.520 e. The fourth-order valence-electron chi connectivity index (χ4n) is 2.21. The third-order valence-corrected chi connectivity index (χ3v) is 3.45. The van der Waals surface area contributed by atoms with Crippen molar-refractivity contribution in [1.82, 2.24) is 5.32 Å². The largest absolute Gasteiger partial charge is 0.520 e. The molecule has 0 aliphatic rings. The zero-order valence-corrected chi connectivity index (χ0v) is 15.9. The normalized spacial score (nSPS) is 12.4. The number of carbonyl (C=O) groups excluding carboxylic acids is 1. The van der Waals surface area contributed by atoms with Crippen LogP contribution in [0.4, 0.5) is 0 Å². The van der Waals surface area contributed by atoms with Crippen molar-refractivity contribution in [2.75, 3.05) is 7.11 Å². The molecular formula is C18H18IrNO5-. The summed E-state index contributed by atoms with van der Waals surface area (Å²) in [5, 5.41) is 11.8. The number of methoxy groups -OCH3 is 1. The van der Waals surface area contributed by atoms with Crippen molar-refractivity contribution in [1.29, 1.82) is 0 Å². The first-order valence-corrected chi connectivity index (χ1v) is 7.33. The van der Waals surface area contributed by atoms with Crippen molar-refractivity contribution in [3.05, 3.63) is 65.7 Å². The smallest absolute Gasteiger partial charge is 0.333 e. The number of hydrogen-bond acceptors (Lipinski definition) is 4. The Labute approximate surface area is 159 Å². The minimum absolute atomic E-state index is 0. The van der Waals surface area contributed by atoms with Crippen molar-refractivity contribution < 1.29 is 44.3 Å². The van der Waals surface area contributed by atoms with Gasteiger partial charge in [-0.05, 0) is 23.3 Å². The topological polar surface area (TPSA) is 84.9 Å². The molecule has 0 aliphatic carbocycles. The molecule has 2 atom stereocenters. The number of nitrogens with one attached hydrogen (secondary N) is 1. The number of hydrogen-bond donors (Lipinski definition) is 2. The first-order valence-electron chi connectivity index (χ1n) is 7.33. The number of carbonyl (C=O) groups is 1. The Kier molecular flexibility index (Phi) is 8.84. The minimum atomic E-state index is -1.11. The van der Waals surface area contributed by atoms with Crippen molar-refractivity contribution >= 4 is 12.4 Å². The molecule has 0 spiro atoms. The van der Waals surface area contributed by atoms with Gasteiger partial charge in [-0.1, -0.05) is 42.5 Å². The van der Waals surface area contributed by atoms with Crippen LogP contribution in [0.1, 0.15) is 17.4 Å². The van der Waals surface area contributed by atoms with Gasteiger partial charge in [0.2, 0.25) is 0 Å². The quantitative estimate of drug-likeness (QED) is 0.301. The van der Waals surface area contributed by atoms with Gasteiger partial charge in [0.15, 0.2) is 6.10 Å². The molecule has 0 saturated heterocycles. The first kappa shape index (κ1) is 20.8. The molecule has 6 nitrogen and oxygen atoms in total. The maximum atomic E-state index is 11.5. The third kappa shape index (κ3) is 6.30. The number of aliphatic carboxylic acids is 1. The van der Waals surface area contributed by atoms with Crippen LogP contribution >= 0.6 is 0 Å².